The van der Waals surface area contributed by atoms with E-state index < -0.39 is 35.8 Å². The molecule has 0 aliphatic carbocycles. The molecule has 8 heteroatoms. The van der Waals surface area contributed by atoms with E-state index >= 15 is 0 Å². The molecule has 30 heavy (non-hydrogen) atoms. The van der Waals surface area contributed by atoms with Crippen LogP contribution in [0, 0.1) is 49.3 Å². The number of hydrogen-bond donors (Lipinski definition) is 2. The third-order valence-corrected chi connectivity index (χ3v) is 4.86. The molecule has 0 spiro atoms. The van der Waals surface area contributed by atoms with Gasteiger partial charge in [-0.25, -0.2) is 4.39 Å². The van der Waals surface area contributed by atoms with Crippen LogP contribution in [0.25, 0.3) is 0 Å². The van der Waals surface area contributed by atoms with Crippen molar-refractivity contribution in [2.24, 2.45) is 13.0 Å². The van der Waals surface area contributed by atoms with Crippen LogP contribution in [0.3, 0.4) is 0 Å². The van der Waals surface area contributed by atoms with Crippen LogP contribution in [-0.2, 0) is 11.8 Å². The molecular formula is C22H20FN3O4. The number of aliphatic hydroxyl groups excluding tert-OH is 1. The SMILES string of the molecule is C#C[C@H](CO)CC(=O)C(=O)c1c(C)c(C(=O)Nc2ccc(F)c(C#N)c2)n(C)c1C. The molecule has 0 radical (unpaired) electrons. The first kappa shape index (κ1) is 22.5. The second kappa shape index (κ2) is 9.17. The van der Waals surface area contributed by atoms with E-state index in [9.17, 15) is 18.8 Å². The lowest BCUT2D eigenvalue weighted by Gasteiger charge is -2.08. The highest BCUT2D eigenvalue weighted by Crippen LogP contribution is 2.24. The first-order chi connectivity index (χ1) is 14.2. The molecule has 2 N–H and O–H groups in total. The lowest BCUT2D eigenvalue weighted by molar-refractivity contribution is -0.115. The van der Waals surface area contributed by atoms with Crippen molar-refractivity contribution in [1.29, 1.82) is 5.26 Å². The molecule has 7 nitrogen and oxygen atoms in total. The monoisotopic (exact) mass is 409 g/mol. The Balaban J connectivity index is 2.37. The van der Waals surface area contributed by atoms with Crippen molar-refractivity contribution in [2.45, 2.75) is 20.3 Å². The van der Waals surface area contributed by atoms with Gasteiger partial charge in [0, 0.05) is 24.8 Å². The maximum absolute atomic E-state index is 13.5. The Labute approximate surface area is 173 Å². The third kappa shape index (κ3) is 4.29. The van der Waals surface area contributed by atoms with Crippen LogP contribution in [0.4, 0.5) is 10.1 Å². The molecule has 0 fully saturated rings. The quantitative estimate of drug-likeness (QED) is 0.414. The Morgan fingerprint density at radius 2 is 2.00 bits per heavy atom. The third-order valence-electron chi connectivity index (χ3n) is 4.86. The zero-order valence-electron chi connectivity index (χ0n) is 16.7. The number of anilines is 1. The summed E-state index contributed by atoms with van der Waals surface area (Å²) in [7, 11) is 1.57. The molecule has 0 aliphatic heterocycles. The van der Waals surface area contributed by atoms with Gasteiger partial charge in [-0.2, -0.15) is 5.26 Å². The van der Waals surface area contributed by atoms with E-state index in [-0.39, 0.29) is 28.9 Å². The van der Waals surface area contributed by atoms with Crippen LogP contribution in [0.2, 0.25) is 0 Å². The van der Waals surface area contributed by atoms with Crippen molar-refractivity contribution in [3.05, 3.63) is 52.1 Å². The molecule has 1 aromatic carbocycles. The van der Waals surface area contributed by atoms with Gasteiger partial charge in [0.2, 0.25) is 11.6 Å². The summed E-state index contributed by atoms with van der Waals surface area (Å²) < 4.78 is 15.0. The standard InChI is InChI=1S/C22H20FN3O4/c1-5-14(11-27)8-18(28)21(29)19-12(2)20(26(4)13(19)3)22(30)25-16-6-7-17(23)15(9-16)10-24/h1,6-7,9,14,27H,8,11H2,2-4H3,(H,25,30)/t14-/m0/s1. The summed E-state index contributed by atoms with van der Waals surface area (Å²) in [4.78, 5) is 37.8. The number of halogens is 1. The molecule has 0 aliphatic rings. The minimum absolute atomic E-state index is 0.0955. The van der Waals surface area contributed by atoms with E-state index in [1.54, 1.807) is 27.0 Å². The van der Waals surface area contributed by atoms with E-state index in [0.29, 0.717) is 11.3 Å². The summed E-state index contributed by atoms with van der Waals surface area (Å²) in [6, 6.07) is 5.26. The van der Waals surface area contributed by atoms with Gasteiger partial charge in [-0.1, -0.05) is 0 Å². The van der Waals surface area contributed by atoms with Gasteiger partial charge < -0.3 is 15.0 Å². The number of ketones is 2. The maximum atomic E-state index is 13.5. The van der Waals surface area contributed by atoms with Crippen LogP contribution in [-0.4, -0.2) is 33.8 Å². The van der Waals surface area contributed by atoms with E-state index in [0.717, 1.165) is 6.07 Å². The second-order valence-corrected chi connectivity index (χ2v) is 6.76. The molecule has 0 unspecified atom stereocenters. The molecule has 0 saturated heterocycles. The van der Waals surface area contributed by atoms with Crippen LogP contribution < -0.4 is 5.32 Å². The minimum atomic E-state index is -0.790. The van der Waals surface area contributed by atoms with Crippen molar-refractivity contribution in [1.82, 2.24) is 4.57 Å². The first-order valence-corrected chi connectivity index (χ1v) is 8.97. The number of Topliss-reactive ketones (excluding diaryl/α,β-unsaturated/α-hetero) is 2. The van der Waals surface area contributed by atoms with E-state index in [4.69, 9.17) is 16.8 Å². The Hall–Kier alpha value is -3.75. The van der Waals surface area contributed by atoms with Gasteiger partial charge in [-0.15, -0.1) is 12.3 Å². The Morgan fingerprint density at radius 1 is 1.33 bits per heavy atom. The number of benzene rings is 1. The number of terminal acetylenes is 1. The van der Waals surface area contributed by atoms with Crippen molar-refractivity contribution in [2.75, 3.05) is 11.9 Å². The van der Waals surface area contributed by atoms with Gasteiger partial charge in [0.15, 0.2) is 0 Å². The molecule has 2 rings (SSSR count). The number of amides is 1. The average molecular weight is 409 g/mol. The lowest BCUT2D eigenvalue weighted by Crippen LogP contribution is -2.20. The summed E-state index contributed by atoms with van der Waals surface area (Å²) in [6.45, 7) is 2.72. The van der Waals surface area contributed by atoms with Crippen LogP contribution in [0.15, 0.2) is 18.2 Å². The van der Waals surface area contributed by atoms with E-state index in [1.807, 2.05) is 0 Å². The molecule has 1 atom stereocenters. The fourth-order valence-electron chi connectivity index (χ4n) is 3.15. The molecule has 0 bridgehead atoms. The van der Waals surface area contributed by atoms with Crippen LogP contribution in [0.1, 0.15) is 44.1 Å². The van der Waals surface area contributed by atoms with Gasteiger partial charge in [0.05, 0.1) is 23.7 Å². The highest BCUT2D eigenvalue weighted by atomic mass is 19.1. The number of hydrogen-bond acceptors (Lipinski definition) is 5. The molecule has 1 amide bonds. The van der Waals surface area contributed by atoms with E-state index in [2.05, 4.69) is 11.2 Å². The molecule has 1 heterocycles. The van der Waals surface area contributed by atoms with E-state index in [1.165, 1.54) is 16.7 Å². The minimum Gasteiger partial charge on any atom is -0.395 e. The van der Waals surface area contributed by atoms with Gasteiger partial charge in [-0.3, -0.25) is 14.4 Å². The molecule has 1 aromatic heterocycles. The number of nitrogens with zero attached hydrogens (tertiary/aromatic N) is 2. The predicted molar refractivity (Wildman–Crippen MR) is 107 cm³/mol. The summed E-state index contributed by atoms with van der Waals surface area (Å²) in [5.74, 6) is -1.35. The fraction of sp³-hybridized carbons (Fsp3) is 0.273. The highest BCUT2D eigenvalue weighted by Gasteiger charge is 2.29. The Kier molecular flexibility index (Phi) is 6.89. The Morgan fingerprint density at radius 3 is 2.57 bits per heavy atom. The predicted octanol–water partition coefficient (Wildman–Crippen LogP) is 2.29. The average Bonchev–Trinajstić information content (AvgIpc) is 2.95. The van der Waals surface area contributed by atoms with Crippen LogP contribution in [0.5, 0.6) is 0 Å². The lowest BCUT2D eigenvalue weighted by atomic mass is 9.96. The number of rotatable bonds is 7. The number of carbonyl (C=O) groups excluding carboxylic acids is 3. The second-order valence-electron chi connectivity index (χ2n) is 6.76. The summed E-state index contributed by atoms with van der Waals surface area (Å²) in [5, 5.41) is 20.6. The summed E-state index contributed by atoms with van der Waals surface area (Å²) >= 11 is 0. The largest absolute Gasteiger partial charge is 0.395 e. The van der Waals surface area contributed by atoms with Crippen LogP contribution >= 0.6 is 0 Å². The van der Waals surface area contributed by atoms with Gasteiger partial charge in [0.25, 0.3) is 5.91 Å². The smallest absolute Gasteiger partial charge is 0.272 e. The van der Waals surface area contributed by atoms with Crippen molar-refractivity contribution >= 4 is 23.2 Å². The normalized spacial score (nSPS) is 11.3. The summed E-state index contributed by atoms with van der Waals surface area (Å²) in [5.41, 5.74) is 0.935. The number of aliphatic hydroxyl groups is 1. The molecule has 2 aromatic rings. The van der Waals surface area contributed by atoms with Gasteiger partial charge >= 0.3 is 0 Å². The maximum Gasteiger partial charge on any atom is 0.272 e. The van der Waals surface area contributed by atoms with Gasteiger partial charge in [-0.05, 0) is 37.6 Å². The molecule has 154 valence electrons. The highest BCUT2D eigenvalue weighted by molar-refractivity contribution is 6.44. The molecule has 0 saturated carbocycles. The zero-order chi connectivity index (χ0) is 22.6. The Bertz CT molecular complexity index is 1120. The number of nitriles is 1. The van der Waals surface area contributed by atoms with Crippen molar-refractivity contribution in [3.63, 3.8) is 0 Å². The number of carbonyl (C=O) groups is 3. The number of nitrogens with one attached hydrogen (secondary N) is 1. The zero-order valence-corrected chi connectivity index (χ0v) is 16.7. The summed E-state index contributed by atoms with van der Waals surface area (Å²) in [6.07, 6.45) is 4.93. The fourth-order valence-corrected chi connectivity index (χ4v) is 3.15. The number of aromatic nitrogens is 1. The van der Waals surface area contributed by atoms with Crippen molar-refractivity contribution in [3.8, 4) is 18.4 Å². The van der Waals surface area contributed by atoms with Crippen molar-refractivity contribution < 1.29 is 23.9 Å². The molecular weight excluding hydrogens is 389 g/mol. The first-order valence-electron chi connectivity index (χ1n) is 8.97. The topological polar surface area (TPSA) is 112 Å². The van der Waals surface area contributed by atoms with Gasteiger partial charge in [0.1, 0.15) is 17.6 Å².